The molecule has 0 aromatic carbocycles. The average Bonchev–Trinajstić information content (AvgIpc) is 1.69. The first-order valence-electron chi connectivity index (χ1n) is 2.08. The van der Waals surface area contributed by atoms with Gasteiger partial charge in [0, 0.05) is 0 Å². The fourth-order valence-electron chi connectivity index (χ4n) is 0. The summed E-state index contributed by atoms with van der Waals surface area (Å²) in [5, 5.41) is 30.0. The quantitative estimate of drug-likeness (QED) is 0.298. The predicted octanol–water partition coefficient (Wildman–Crippen LogP) is -2.14. The lowest BCUT2D eigenvalue weighted by Gasteiger charge is -1.90. The second-order valence-electron chi connectivity index (χ2n) is 1.15. The van der Waals surface area contributed by atoms with Crippen molar-refractivity contribution in [1.82, 2.24) is 0 Å². The van der Waals surface area contributed by atoms with E-state index in [1.165, 1.54) is 6.92 Å². The van der Waals surface area contributed by atoms with Crippen LogP contribution >= 0.6 is 0 Å². The van der Waals surface area contributed by atoms with Crippen molar-refractivity contribution >= 4 is 7.69 Å². The van der Waals surface area contributed by atoms with Crippen LogP contribution in [0.2, 0.25) is 0 Å². The smallest absolute Gasteiger partial charge is 0.429 e. The third kappa shape index (κ3) is 39.1. The second-order valence-corrected chi connectivity index (χ2v) is 1.15. The molecule has 0 aromatic rings. The van der Waals surface area contributed by atoms with Crippen LogP contribution in [0.4, 0.5) is 0 Å². The van der Waals surface area contributed by atoms with Crippen LogP contribution in [-0.2, 0) is 0 Å². The van der Waals surface area contributed by atoms with Crippen molar-refractivity contribution in [2.75, 3.05) is 6.61 Å². The molecule has 0 bridgehead atoms. The maximum atomic E-state index is 8.11. The number of aliphatic hydroxyl groups is 2. The van der Waals surface area contributed by atoms with Gasteiger partial charge in [-0.3, -0.25) is 0 Å². The summed E-state index contributed by atoms with van der Waals surface area (Å²) in [6.45, 7) is 1.39. The first-order valence-corrected chi connectivity index (χ1v) is 2.08. The highest BCUT2D eigenvalue weighted by Crippen LogP contribution is 1.68. The molecular formula is C3H10BO4. The maximum Gasteiger partial charge on any atom is 0.482 e. The number of rotatable bonds is 1. The van der Waals surface area contributed by atoms with E-state index >= 15 is 0 Å². The SMILES string of the molecule is CC(O)CO.O[B]O. The lowest BCUT2D eigenvalue weighted by atomic mass is 10.5. The van der Waals surface area contributed by atoms with E-state index in [4.69, 9.17) is 20.3 Å². The minimum Gasteiger partial charge on any atom is -0.429 e. The molecule has 4 nitrogen and oxygen atoms in total. The van der Waals surface area contributed by atoms with Crippen molar-refractivity contribution in [2.45, 2.75) is 13.0 Å². The van der Waals surface area contributed by atoms with Gasteiger partial charge in [0.05, 0.1) is 12.7 Å². The van der Waals surface area contributed by atoms with E-state index in [0.717, 1.165) is 0 Å². The normalized spacial score (nSPS) is 11.1. The Labute approximate surface area is 48.7 Å². The lowest BCUT2D eigenvalue weighted by molar-refractivity contribution is 0.110. The van der Waals surface area contributed by atoms with Gasteiger partial charge in [0.15, 0.2) is 0 Å². The Morgan fingerprint density at radius 3 is 1.62 bits per heavy atom. The van der Waals surface area contributed by atoms with Crippen LogP contribution < -0.4 is 0 Å². The molecule has 1 radical (unpaired) electrons. The van der Waals surface area contributed by atoms with E-state index < -0.39 is 6.10 Å². The fourth-order valence-corrected chi connectivity index (χ4v) is 0. The summed E-state index contributed by atoms with van der Waals surface area (Å²) in [4.78, 5) is 0. The van der Waals surface area contributed by atoms with Crippen LogP contribution in [0.1, 0.15) is 6.92 Å². The molecule has 0 aliphatic carbocycles. The monoisotopic (exact) mass is 121 g/mol. The Balaban J connectivity index is 0. The molecular weight excluding hydrogens is 111 g/mol. The summed E-state index contributed by atoms with van der Waals surface area (Å²) >= 11 is 0. The molecule has 0 amide bonds. The van der Waals surface area contributed by atoms with Crippen molar-refractivity contribution in [3.8, 4) is 0 Å². The highest BCUT2D eigenvalue weighted by molar-refractivity contribution is 6.13. The third-order valence-corrected chi connectivity index (χ3v) is 0.264. The van der Waals surface area contributed by atoms with Crippen LogP contribution in [0.25, 0.3) is 0 Å². The zero-order valence-electron chi connectivity index (χ0n) is 4.65. The highest BCUT2D eigenvalue weighted by Gasteiger charge is 1.83. The molecule has 0 aliphatic heterocycles. The van der Waals surface area contributed by atoms with E-state index in [-0.39, 0.29) is 14.3 Å². The van der Waals surface area contributed by atoms with Crippen molar-refractivity contribution < 1.29 is 20.3 Å². The summed E-state index contributed by atoms with van der Waals surface area (Å²) in [5.41, 5.74) is 0. The van der Waals surface area contributed by atoms with E-state index in [1.54, 1.807) is 0 Å². The molecule has 0 rings (SSSR count). The number of aliphatic hydroxyl groups excluding tert-OH is 2. The van der Waals surface area contributed by atoms with Gasteiger partial charge in [-0.15, -0.1) is 0 Å². The van der Waals surface area contributed by atoms with Gasteiger partial charge in [0.1, 0.15) is 0 Å². The molecule has 49 valence electrons. The van der Waals surface area contributed by atoms with Crippen molar-refractivity contribution in [2.24, 2.45) is 0 Å². The van der Waals surface area contributed by atoms with Crippen molar-refractivity contribution in [1.29, 1.82) is 0 Å². The highest BCUT2D eigenvalue weighted by atomic mass is 16.4. The second kappa shape index (κ2) is 10.0. The van der Waals surface area contributed by atoms with Crippen LogP contribution in [0.3, 0.4) is 0 Å². The standard InChI is InChI=1S/C3H8O2.BH2O2/c1-3(5)2-4;2-1-3/h3-5H,2H2,1H3;2-3H. The molecule has 0 spiro atoms. The van der Waals surface area contributed by atoms with Gasteiger partial charge in [0.2, 0.25) is 0 Å². The number of hydrogen-bond donors (Lipinski definition) is 4. The topological polar surface area (TPSA) is 80.9 Å². The van der Waals surface area contributed by atoms with Gasteiger partial charge in [-0.25, -0.2) is 0 Å². The maximum absolute atomic E-state index is 8.11. The summed E-state index contributed by atoms with van der Waals surface area (Å²) in [6, 6.07) is 0. The molecule has 5 heteroatoms. The molecule has 8 heavy (non-hydrogen) atoms. The van der Waals surface area contributed by atoms with E-state index in [1.807, 2.05) is 0 Å². The van der Waals surface area contributed by atoms with E-state index in [0.29, 0.717) is 0 Å². The third-order valence-electron chi connectivity index (χ3n) is 0.264. The minimum atomic E-state index is -0.560. The molecule has 0 fully saturated rings. The molecule has 0 saturated heterocycles. The summed E-state index contributed by atoms with van der Waals surface area (Å²) in [5.74, 6) is 0. The zero-order valence-corrected chi connectivity index (χ0v) is 4.65. The zero-order chi connectivity index (χ0) is 6.99. The van der Waals surface area contributed by atoms with Crippen LogP contribution in [0.15, 0.2) is 0 Å². The van der Waals surface area contributed by atoms with Gasteiger partial charge >= 0.3 is 7.69 Å². The lowest BCUT2D eigenvalue weighted by Crippen LogP contribution is -2.03. The minimum absolute atomic E-state index is 0. The molecule has 4 N–H and O–H groups in total. The van der Waals surface area contributed by atoms with Crippen molar-refractivity contribution in [3.63, 3.8) is 0 Å². The van der Waals surface area contributed by atoms with Gasteiger partial charge in [-0.1, -0.05) is 0 Å². The van der Waals surface area contributed by atoms with E-state index in [2.05, 4.69) is 0 Å². The van der Waals surface area contributed by atoms with Gasteiger partial charge < -0.3 is 20.3 Å². The molecule has 1 unspecified atom stereocenters. The summed E-state index contributed by atoms with van der Waals surface area (Å²) in [7, 11) is 0. The molecule has 0 aromatic heterocycles. The molecule has 0 saturated carbocycles. The van der Waals surface area contributed by atoms with Gasteiger partial charge in [0.25, 0.3) is 0 Å². The summed E-state index contributed by atoms with van der Waals surface area (Å²) in [6.07, 6.45) is -0.560. The Morgan fingerprint density at radius 1 is 1.50 bits per heavy atom. The van der Waals surface area contributed by atoms with Crippen molar-refractivity contribution in [3.05, 3.63) is 0 Å². The van der Waals surface area contributed by atoms with Gasteiger partial charge in [-0.05, 0) is 6.92 Å². The first kappa shape index (κ1) is 10.8. The number of hydrogen-bond acceptors (Lipinski definition) is 4. The van der Waals surface area contributed by atoms with Crippen LogP contribution in [-0.4, -0.2) is 40.7 Å². The predicted molar refractivity (Wildman–Crippen MR) is 29.0 cm³/mol. The van der Waals surface area contributed by atoms with E-state index in [9.17, 15) is 0 Å². The molecule has 1 atom stereocenters. The first-order chi connectivity index (χ1) is 3.68. The van der Waals surface area contributed by atoms with Crippen LogP contribution in [0.5, 0.6) is 0 Å². The Kier molecular flexibility index (Phi) is 13.5. The molecule has 0 heterocycles. The van der Waals surface area contributed by atoms with Crippen LogP contribution in [0, 0.1) is 0 Å². The Hall–Kier alpha value is -0.0951. The fraction of sp³-hybridized carbons (Fsp3) is 1.00. The average molecular weight is 121 g/mol. The molecule has 0 aliphatic rings. The largest absolute Gasteiger partial charge is 0.482 e. The Bertz CT molecular complexity index is 32.5. The summed E-state index contributed by atoms with van der Waals surface area (Å²) < 4.78 is 0. The van der Waals surface area contributed by atoms with Gasteiger partial charge in [-0.2, -0.15) is 0 Å². The Morgan fingerprint density at radius 2 is 1.62 bits per heavy atom.